The van der Waals surface area contributed by atoms with Gasteiger partial charge in [0.25, 0.3) is 0 Å². The quantitative estimate of drug-likeness (QED) is 0.731. The Morgan fingerprint density at radius 1 is 1.30 bits per heavy atom. The average Bonchev–Trinajstić information content (AvgIpc) is 3.29. The first-order valence-electron chi connectivity index (χ1n) is 9.01. The van der Waals surface area contributed by atoms with Crippen molar-refractivity contribution in [2.75, 3.05) is 20.2 Å². The number of nitrogens with zero attached hydrogens (tertiary/aromatic N) is 3. The molecule has 0 saturated carbocycles. The molecule has 0 spiro atoms. The third kappa shape index (κ3) is 4.77. The van der Waals surface area contributed by atoms with Crippen LogP contribution in [0.15, 0.2) is 10.5 Å². The van der Waals surface area contributed by atoms with Crippen molar-refractivity contribution >= 4 is 29.1 Å². The molecule has 2 aliphatic heterocycles. The Labute approximate surface area is 162 Å². The second kappa shape index (κ2) is 7.84. The van der Waals surface area contributed by atoms with Crippen molar-refractivity contribution < 1.29 is 23.9 Å². The maximum atomic E-state index is 12.2. The van der Waals surface area contributed by atoms with Crippen molar-refractivity contribution in [1.82, 2.24) is 9.88 Å². The maximum Gasteiger partial charge on any atom is 0.410 e. The Morgan fingerprint density at radius 3 is 2.63 bits per heavy atom. The molecule has 8 nitrogen and oxygen atoms in total. The van der Waals surface area contributed by atoms with Gasteiger partial charge in [0, 0.05) is 30.8 Å². The number of ether oxygens (including phenoxy) is 2. The number of carbonyl (C=O) groups excluding carboxylic acids is 2. The molecule has 1 aromatic heterocycles. The lowest BCUT2D eigenvalue weighted by Gasteiger charge is -2.32. The fourth-order valence-corrected chi connectivity index (χ4v) is 4.03. The van der Waals surface area contributed by atoms with E-state index in [4.69, 9.17) is 9.57 Å². The van der Waals surface area contributed by atoms with Crippen LogP contribution in [0.3, 0.4) is 0 Å². The molecule has 1 unspecified atom stereocenters. The zero-order valence-corrected chi connectivity index (χ0v) is 16.9. The molecular weight excluding hydrogens is 370 g/mol. The van der Waals surface area contributed by atoms with Crippen LogP contribution in [0.1, 0.15) is 56.7 Å². The van der Waals surface area contributed by atoms with Crippen molar-refractivity contribution in [1.29, 1.82) is 0 Å². The van der Waals surface area contributed by atoms with Gasteiger partial charge in [-0.1, -0.05) is 5.16 Å². The molecule has 0 N–H and O–H groups in total. The highest BCUT2D eigenvalue weighted by atomic mass is 32.1. The molecule has 148 valence electrons. The molecule has 0 aromatic carbocycles. The molecule has 0 radical (unpaired) electrons. The van der Waals surface area contributed by atoms with Gasteiger partial charge in [0.2, 0.25) is 6.10 Å². The number of oxime groups is 1. The standard InChI is InChI=1S/C18H25N3O5S/c1-18(2,3)25-17(23)21-7-5-11(6-8-21)15-19-13(10-27-15)12-9-14(26-20-12)16(22)24-4/h10-11,14H,5-9H2,1-4H3. The summed E-state index contributed by atoms with van der Waals surface area (Å²) in [4.78, 5) is 35.3. The molecule has 1 fully saturated rings. The Hall–Kier alpha value is -2.16. The number of piperidine rings is 1. The summed E-state index contributed by atoms with van der Waals surface area (Å²) in [6, 6.07) is 0. The smallest absolute Gasteiger partial charge is 0.410 e. The van der Waals surface area contributed by atoms with E-state index in [1.807, 2.05) is 26.2 Å². The van der Waals surface area contributed by atoms with Gasteiger partial charge in [0.1, 0.15) is 11.3 Å². The topological polar surface area (TPSA) is 90.3 Å². The molecule has 9 heteroatoms. The summed E-state index contributed by atoms with van der Waals surface area (Å²) in [7, 11) is 1.33. The van der Waals surface area contributed by atoms with E-state index in [9.17, 15) is 9.59 Å². The summed E-state index contributed by atoms with van der Waals surface area (Å²) in [6.45, 7) is 6.92. The molecule has 0 bridgehead atoms. The number of hydrogen-bond donors (Lipinski definition) is 0. The number of rotatable bonds is 3. The van der Waals surface area contributed by atoms with E-state index in [0.717, 1.165) is 23.5 Å². The van der Waals surface area contributed by atoms with Crippen molar-refractivity contribution in [3.8, 4) is 0 Å². The predicted octanol–water partition coefficient (Wildman–Crippen LogP) is 2.92. The molecule has 0 aliphatic carbocycles. The van der Waals surface area contributed by atoms with Crippen molar-refractivity contribution in [3.05, 3.63) is 16.1 Å². The Balaban J connectivity index is 1.55. The highest BCUT2D eigenvalue weighted by molar-refractivity contribution is 7.10. The van der Waals surface area contributed by atoms with Crippen molar-refractivity contribution in [2.45, 2.75) is 57.7 Å². The molecule has 1 atom stereocenters. The number of aromatic nitrogens is 1. The van der Waals surface area contributed by atoms with Gasteiger partial charge in [-0.05, 0) is 33.6 Å². The number of likely N-dealkylation sites (tertiary alicyclic amines) is 1. The highest BCUT2D eigenvalue weighted by Crippen LogP contribution is 2.32. The summed E-state index contributed by atoms with van der Waals surface area (Å²) in [5, 5.41) is 6.94. The average molecular weight is 395 g/mol. The van der Waals surface area contributed by atoms with Crippen LogP contribution in [0.2, 0.25) is 0 Å². The van der Waals surface area contributed by atoms with Crippen LogP contribution in [0.25, 0.3) is 0 Å². The number of methoxy groups -OCH3 is 1. The van der Waals surface area contributed by atoms with E-state index in [2.05, 4.69) is 14.9 Å². The number of thiazole rings is 1. The predicted molar refractivity (Wildman–Crippen MR) is 99.9 cm³/mol. The van der Waals surface area contributed by atoms with Gasteiger partial charge in [-0.15, -0.1) is 11.3 Å². The van der Waals surface area contributed by atoms with Crippen LogP contribution in [0.4, 0.5) is 4.79 Å². The van der Waals surface area contributed by atoms with E-state index in [-0.39, 0.29) is 6.09 Å². The number of carbonyl (C=O) groups is 2. The molecule has 3 heterocycles. The van der Waals surface area contributed by atoms with Gasteiger partial charge in [0.05, 0.1) is 17.8 Å². The zero-order valence-electron chi connectivity index (χ0n) is 16.1. The van der Waals surface area contributed by atoms with Gasteiger partial charge in [-0.25, -0.2) is 14.6 Å². The van der Waals surface area contributed by atoms with Gasteiger partial charge >= 0.3 is 12.1 Å². The SMILES string of the molecule is COC(=O)C1CC(c2csc(C3CCN(C(=O)OC(C)(C)C)CC3)n2)=NO1. The first-order valence-corrected chi connectivity index (χ1v) is 9.89. The van der Waals surface area contributed by atoms with Gasteiger partial charge in [0.15, 0.2) is 0 Å². The first-order chi connectivity index (χ1) is 12.8. The molecular formula is C18H25N3O5S. The van der Waals surface area contributed by atoms with Crippen LogP contribution in [-0.4, -0.2) is 59.6 Å². The zero-order chi connectivity index (χ0) is 19.6. The molecule has 2 aliphatic rings. The minimum absolute atomic E-state index is 0.257. The van der Waals surface area contributed by atoms with Crippen LogP contribution in [0.5, 0.6) is 0 Å². The summed E-state index contributed by atoms with van der Waals surface area (Å²) >= 11 is 1.58. The Morgan fingerprint density at radius 2 is 2.00 bits per heavy atom. The Kier molecular flexibility index (Phi) is 5.69. The Bertz CT molecular complexity index is 732. The molecule has 3 rings (SSSR count). The van der Waals surface area contributed by atoms with Gasteiger partial charge in [-0.3, -0.25) is 0 Å². The fourth-order valence-electron chi connectivity index (χ4n) is 3.03. The lowest BCUT2D eigenvalue weighted by atomic mass is 9.98. The van der Waals surface area contributed by atoms with E-state index >= 15 is 0 Å². The van der Waals surface area contributed by atoms with E-state index in [1.54, 1.807) is 16.2 Å². The molecule has 27 heavy (non-hydrogen) atoms. The second-order valence-electron chi connectivity index (χ2n) is 7.67. The minimum Gasteiger partial charge on any atom is -0.466 e. The van der Waals surface area contributed by atoms with Crippen LogP contribution < -0.4 is 0 Å². The van der Waals surface area contributed by atoms with Crippen molar-refractivity contribution in [2.24, 2.45) is 5.16 Å². The summed E-state index contributed by atoms with van der Waals surface area (Å²) in [6.07, 6.45) is 1.12. The largest absolute Gasteiger partial charge is 0.466 e. The maximum absolute atomic E-state index is 12.2. The fraction of sp³-hybridized carbons (Fsp3) is 0.667. The monoisotopic (exact) mass is 395 g/mol. The normalized spacial score (nSPS) is 20.8. The van der Waals surface area contributed by atoms with Crippen molar-refractivity contribution in [3.63, 3.8) is 0 Å². The van der Waals surface area contributed by atoms with Crippen LogP contribution in [-0.2, 0) is 19.1 Å². The lowest BCUT2D eigenvalue weighted by Crippen LogP contribution is -2.41. The number of amides is 1. The van der Waals surface area contributed by atoms with Crippen LogP contribution >= 0.6 is 11.3 Å². The molecule has 1 amide bonds. The van der Waals surface area contributed by atoms with E-state index in [0.29, 0.717) is 31.1 Å². The molecule has 1 aromatic rings. The summed E-state index contributed by atoms with van der Waals surface area (Å²) in [5.41, 5.74) is 0.930. The second-order valence-corrected chi connectivity index (χ2v) is 8.56. The summed E-state index contributed by atoms with van der Waals surface area (Å²) < 4.78 is 10.1. The lowest BCUT2D eigenvalue weighted by molar-refractivity contribution is -0.152. The summed E-state index contributed by atoms with van der Waals surface area (Å²) in [5.74, 6) is -0.125. The third-order valence-corrected chi connectivity index (χ3v) is 5.45. The van der Waals surface area contributed by atoms with Gasteiger partial charge < -0.3 is 19.2 Å². The van der Waals surface area contributed by atoms with E-state index < -0.39 is 17.7 Å². The number of hydrogen-bond acceptors (Lipinski definition) is 8. The molecule has 1 saturated heterocycles. The van der Waals surface area contributed by atoms with Crippen LogP contribution in [0, 0.1) is 0 Å². The van der Waals surface area contributed by atoms with E-state index in [1.165, 1.54) is 7.11 Å². The number of esters is 1. The van der Waals surface area contributed by atoms with Gasteiger partial charge in [-0.2, -0.15) is 0 Å². The highest BCUT2D eigenvalue weighted by Gasteiger charge is 2.32. The first kappa shape index (κ1) is 19.6. The minimum atomic E-state index is -0.688. The third-order valence-electron chi connectivity index (χ3n) is 4.45.